The maximum atomic E-state index is 11.0. The Kier molecular flexibility index (Phi) is 2.27. The quantitative estimate of drug-likeness (QED) is 0.550. The molecule has 6 nitrogen and oxygen atoms in total. The molecule has 0 radical (unpaired) electrons. The van der Waals surface area contributed by atoms with Gasteiger partial charge in [-0.15, -0.1) is 10.2 Å². The van der Waals surface area contributed by atoms with E-state index in [0.717, 1.165) is 0 Å². The van der Waals surface area contributed by atoms with E-state index in [0.29, 0.717) is 6.54 Å². The Hall–Kier alpha value is -1.30. The van der Waals surface area contributed by atoms with Crippen LogP contribution in [0.15, 0.2) is 0 Å². The van der Waals surface area contributed by atoms with Gasteiger partial charge in [-0.3, -0.25) is 4.79 Å². The highest BCUT2D eigenvalue weighted by Gasteiger charge is 2.09. The summed E-state index contributed by atoms with van der Waals surface area (Å²) in [6.45, 7) is 0.317. The Bertz CT molecular complexity index is 255. The zero-order valence-electron chi connectivity index (χ0n) is 6.19. The number of Topliss-reactive ketones (excluding diaryl/α,β-unsaturated/α-hetero) is 1. The highest BCUT2D eigenvalue weighted by Crippen LogP contribution is 1.90. The van der Waals surface area contributed by atoms with E-state index < -0.39 is 0 Å². The van der Waals surface area contributed by atoms with E-state index in [1.54, 1.807) is 7.05 Å². The van der Waals surface area contributed by atoms with Crippen LogP contribution in [-0.2, 0) is 7.05 Å². The van der Waals surface area contributed by atoms with E-state index in [2.05, 4.69) is 15.4 Å². The summed E-state index contributed by atoms with van der Waals surface area (Å²) in [6.07, 6.45) is 0.270. The fourth-order valence-electron chi connectivity index (χ4n) is 0.639. The van der Waals surface area contributed by atoms with Crippen LogP contribution in [-0.4, -0.2) is 32.5 Å². The Morgan fingerprint density at radius 3 is 2.91 bits per heavy atom. The van der Waals surface area contributed by atoms with Crippen molar-refractivity contribution < 1.29 is 4.79 Å². The normalized spacial score (nSPS) is 10.0. The SMILES string of the molecule is Cn1nnc(C(=O)CCN)n1. The van der Waals surface area contributed by atoms with E-state index in [4.69, 9.17) is 5.73 Å². The fourth-order valence-corrected chi connectivity index (χ4v) is 0.639. The summed E-state index contributed by atoms with van der Waals surface area (Å²) in [5.74, 6) is -0.0291. The molecule has 0 spiro atoms. The Balaban J connectivity index is 2.69. The van der Waals surface area contributed by atoms with Crippen molar-refractivity contribution in [2.75, 3.05) is 6.54 Å². The molecule has 0 aliphatic carbocycles. The van der Waals surface area contributed by atoms with Gasteiger partial charge in [-0.05, 0) is 11.8 Å². The van der Waals surface area contributed by atoms with Crippen molar-refractivity contribution in [3.63, 3.8) is 0 Å². The average molecular weight is 155 g/mol. The molecule has 1 rings (SSSR count). The Morgan fingerprint density at radius 2 is 2.45 bits per heavy atom. The maximum absolute atomic E-state index is 11.0. The zero-order valence-corrected chi connectivity index (χ0v) is 6.19. The number of hydrogen-bond donors (Lipinski definition) is 1. The van der Waals surface area contributed by atoms with Crippen LogP contribution in [0.4, 0.5) is 0 Å². The average Bonchev–Trinajstić information content (AvgIpc) is 2.36. The standard InChI is InChI=1S/C5H9N5O/c1-10-8-5(7-9-10)4(11)2-3-6/h2-3,6H2,1H3. The van der Waals surface area contributed by atoms with Crippen molar-refractivity contribution in [2.24, 2.45) is 12.8 Å². The number of nitrogens with two attached hydrogens (primary N) is 1. The van der Waals surface area contributed by atoms with Gasteiger partial charge in [0.05, 0.1) is 7.05 Å². The molecular formula is C5H9N5O. The van der Waals surface area contributed by atoms with Crippen molar-refractivity contribution in [3.8, 4) is 0 Å². The van der Waals surface area contributed by atoms with Crippen LogP contribution in [0, 0.1) is 0 Å². The minimum atomic E-state index is -0.166. The number of hydrogen-bond acceptors (Lipinski definition) is 5. The van der Waals surface area contributed by atoms with Crippen LogP contribution >= 0.6 is 0 Å². The zero-order chi connectivity index (χ0) is 8.27. The third-order valence-electron chi connectivity index (χ3n) is 1.13. The van der Waals surface area contributed by atoms with Gasteiger partial charge in [-0.25, -0.2) is 0 Å². The molecule has 0 aliphatic heterocycles. The molecule has 1 aromatic rings. The summed E-state index contributed by atoms with van der Waals surface area (Å²) in [5.41, 5.74) is 5.17. The predicted octanol–water partition coefficient (Wildman–Crippen LogP) is -1.26. The number of rotatable bonds is 3. The number of carbonyl (C=O) groups is 1. The summed E-state index contributed by atoms with van der Waals surface area (Å²) in [7, 11) is 1.60. The number of tetrazole rings is 1. The summed E-state index contributed by atoms with van der Waals surface area (Å²) < 4.78 is 0. The second-order valence-corrected chi connectivity index (χ2v) is 2.06. The minimum absolute atomic E-state index is 0.137. The van der Waals surface area contributed by atoms with Crippen molar-refractivity contribution in [1.82, 2.24) is 20.2 Å². The van der Waals surface area contributed by atoms with Gasteiger partial charge in [0.1, 0.15) is 0 Å². The molecule has 0 aromatic carbocycles. The molecule has 0 fully saturated rings. The first-order valence-electron chi connectivity index (χ1n) is 3.21. The van der Waals surface area contributed by atoms with Gasteiger partial charge >= 0.3 is 0 Å². The lowest BCUT2D eigenvalue weighted by molar-refractivity contribution is 0.0975. The Morgan fingerprint density at radius 1 is 1.73 bits per heavy atom. The third-order valence-corrected chi connectivity index (χ3v) is 1.13. The highest BCUT2D eigenvalue weighted by atomic mass is 16.1. The molecule has 0 unspecified atom stereocenters. The first-order chi connectivity index (χ1) is 5.24. The van der Waals surface area contributed by atoms with Crippen LogP contribution in [0.1, 0.15) is 17.0 Å². The smallest absolute Gasteiger partial charge is 0.240 e. The molecule has 60 valence electrons. The molecule has 0 saturated carbocycles. The predicted molar refractivity (Wildman–Crippen MR) is 36.8 cm³/mol. The van der Waals surface area contributed by atoms with E-state index in [1.165, 1.54) is 4.80 Å². The topological polar surface area (TPSA) is 86.7 Å². The number of aromatic nitrogens is 4. The van der Waals surface area contributed by atoms with Gasteiger partial charge in [0.25, 0.3) is 0 Å². The van der Waals surface area contributed by atoms with E-state index in [-0.39, 0.29) is 18.0 Å². The summed E-state index contributed by atoms with van der Waals surface area (Å²) >= 11 is 0. The molecule has 1 heterocycles. The first kappa shape index (κ1) is 7.80. The van der Waals surface area contributed by atoms with Crippen LogP contribution in [0.25, 0.3) is 0 Å². The van der Waals surface area contributed by atoms with Gasteiger partial charge in [0.2, 0.25) is 11.6 Å². The van der Waals surface area contributed by atoms with E-state index in [9.17, 15) is 4.79 Å². The number of nitrogens with zero attached hydrogens (tertiary/aromatic N) is 4. The molecule has 2 N–H and O–H groups in total. The van der Waals surface area contributed by atoms with Gasteiger partial charge < -0.3 is 5.73 Å². The largest absolute Gasteiger partial charge is 0.330 e. The van der Waals surface area contributed by atoms with Crippen LogP contribution in [0.2, 0.25) is 0 Å². The minimum Gasteiger partial charge on any atom is -0.330 e. The summed E-state index contributed by atoms with van der Waals surface area (Å²) in [4.78, 5) is 12.2. The summed E-state index contributed by atoms with van der Waals surface area (Å²) in [6, 6.07) is 0. The van der Waals surface area contributed by atoms with Crippen molar-refractivity contribution in [1.29, 1.82) is 0 Å². The van der Waals surface area contributed by atoms with Gasteiger partial charge in [-0.2, -0.15) is 4.80 Å². The van der Waals surface area contributed by atoms with Crippen LogP contribution in [0.5, 0.6) is 0 Å². The number of carbonyl (C=O) groups excluding carboxylic acids is 1. The maximum Gasteiger partial charge on any atom is 0.240 e. The molecular weight excluding hydrogens is 146 g/mol. The van der Waals surface area contributed by atoms with E-state index in [1.807, 2.05) is 0 Å². The molecule has 0 bridgehead atoms. The molecule has 0 amide bonds. The third kappa shape index (κ3) is 1.81. The lowest BCUT2D eigenvalue weighted by atomic mass is 10.3. The molecule has 1 aromatic heterocycles. The van der Waals surface area contributed by atoms with E-state index >= 15 is 0 Å². The van der Waals surface area contributed by atoms with Gasteiger partial charge in [0, 0.05) is 6.42 Å². The molecule has 0 saturated heterocycles. The fraction of sp³-hybridized carbons (Fsp3) is 0.600. The number of ketones is 1. The van der Waals surface area contributed by atoms with Gasteiger partial charge in [0.15, 0.2) is 0 Å². The van der Waals surface area contributed by atoms with Crippen molar-refractivity contribution in [3.05, 3.63) is 5.82 Å². The molecule has 0 atom stereocenters. The lowest BCUT2D eigenvalue weighted by Gasteiger charge is -1.88. The van der Waals surface area contributed by atoms with Crippen molar-refractivity contribution in [2.45, 2.75) is 6.42 Å². The number of aryl methyl sites for hydroxylation is 1. The molecule has 0 aliphatic rings. The van der Waals surface area contributed by atoms with Crippen molar-refractivity contribution >= 4 is 5.78 Å². The Labute approximate surface area is 63.4 Å². The first-order valence-corrected chi connectivity index (χ1v) is 3.21. The molecule has 6 heteroatoms. The van der Waals surface area contributed by atoms with Gasteiger partial charge in [-0.1, -0.05) is 0 Å². The van der Waals surface area contributed by atoms with Crippen LogP contribution < -0.4 is 5.73 Å². The molecule has 11 heavy (non-hydrogen) atoms. The monoisotopic (exact) mass is 155 g/mol. The lowest BCUT2D eigenvalue weighted by Crippen LogP contribution is -2.09. The highest BCUT2D eigenvalue weighted by molar-refractivity contribution is 5.92. The second-order valence-electron chi connectivity index (χ2n) is 2.06. The summed E-state index contributed by atoms with van der Waals surface area (Å²) in [5, 5.41) is 10.8. The second kappa shape index (κ2) is 3.20. The van der Waals surface area contributed by atoms with Crippen LogP contribution in [0.3, 0.4) is 0 Å².